The summed E-state index contributed by atoms with van der Waals surface area (Å²) in [6.07, 6.45) is 1.77. The quantitative estimate of drug-likeness (QED) is 0.579. The van der Waals surface area contributed by atoms with E-state index < -0.39 is 0 Å². The second kappa shape index (κ2) is 6.48. The number of carbonyl (C=O) groups excluding carboxylic acids is 2. The number of rotatable bonds is 5. The lowest BCUT2D eigenvalue weighted by atomic mass is 10.0. The van der Waals surface area contributed by atoms with Crippen LogP contribution < -0.4 is 0 Å². The van der Waals surface area contributed by atoms with Gasteiger partial charge in [0.1, 0.15) is 0 Å². The van der Waals surface area contributed by atoms with E-state index in [1.165, 1.54) is 0 Å². The molecule has 1 N–H and O–H groups in total. The molecule has 0 aliphatic carbocycles. The van der Waals surface area contributed by atoms with E-state index in [0.717, 1.165) is 10.8 Å². The summed E-state index contributed by atoms with van der Waals surface area (Å²) < 4.78 is 4.90. The van der Waals surface area contributed by atoms with Gasteiger partial charge in [0, 0.05) is 23.0 Å². The molecule has 3 rings (SSSR count). The molecule has 2 aromatic carbocycles. The molecule has 4 nitrogen and oxygen atoms in total. The normalized spacial score (nSPS) is 10.7. The molecule has 0 spiro atoms. The van der Waals surface area contributed by atoms with E-state index in [0.29, 0.717) is 23.4 Å². The molecular formula is C19H17NO3. The van der Waals surface area contributed by atoms with Crippen LogP contribution in [0.4, 0.5) is 0 Å². The van der Waals surface area contributed by atoms with Gasteiger partial charge >= 0.3 is 5.97 Å². The highest BCUT2D eigenvalue weighted by Gasteiger charge is 2.13. The number of esters is 1. The van der Waals surface area contributed by atoms with Crippen LogP contribution in [0.3, 0.4) is 0 Å². The van der Waals surface area contributed by atoms with Crippen molar-refractivity contribution in [3.05, 3.63) is 71.5 Å². The summed E-state index contributed by atoms with van der Waals surface area (Å²) in [5.74, 6) is -0.374. The largest absolute Gasteiger partial charge is 0.466 e. The van der Waals surface area contributed by atoms with Gasteiger partial charge < -0.3 is 9.72 Å². The monoisotopic (exact) mass is 307 g/mol. The maximum atomic E-state index is 12.6. The third kappa shape index (κ3) is 3.31. The van der Waals surface area contributed by atoms with Gasteiger partial charge in [0.15, 0.2) is 5.78 Å². The van der Waals surface area contributed by atoms with Crippen molar-refractivity contribution in [2.75, 3.05) is 6.61 Å². The Bertz CT molecular complexity index is 864. The highest BCUT2D eigenvalue weighted by molar-refractivity contribution is 6.10. The molecule has 0 radical (unpaired) electrons. The van der Waals surface area contributed by atoms with Crippen LogP contribution >= 0.6 is 0 Å². The number of hydrogen-bond acceptors (Lipinski definition) is 3. The van der Waals surface area contributed by atoms with Crippen molar-refractivity contribution < 1.29 is 14.3 Å². The van der Waals surface area contributed by atoms with E-state index in [1.54, 1.807) is 19.2 Å². The van der Waals surface area contributed by atoms with Gasteiger partial charge in [-0.25, -0.2) is 0 Å². The summed E-state index contributed by atoms with van der Waals surface area (Å²) in [6, 6.07) is 15.3. The number of ether oxygens (including phenoxy) is 1. The molecule has 116 valence electrons. The molecular weight excluding hydrogens is 290 g/mol. The minimum absolute atomic E-state index is 0.0675. The van der Waals surface area contributed by atoms with Crippen LogP contribution in [0.25, 0.3) is 10.8 Å². The zero-order chi connectivity index (χ0) is 16.2. The fraction of sp³-hybridized carbons (Fsp3) is 0.158. The molecule has 3 aromatic rings. The van der Waals surface area contributed by atoms with E-state index in [1.807, 2.05) is 42.5 Å². The summed E-state index contributed by atoms with van der Waals surface area (Å²) >= 11 is 0. The van der Waals surface area contributed by atoms with Gasteiger partial charge in [-0.05, 0) is 29.8 Å². The first-order chi connectivity index (χ1) is 11.2. The van der Waals surface area contributed by atoms with Crippen LogP contribution in [0.1, 0.15) is 28.5 Å². The number of benzene rings is 2. The Labute approximate surface area is 134 Å². The van der Waals surface area contributed by atoms with Gasteiger partial charge in [0.2, 0.25) is 0 Å². The van der Waals surface area contributed by atoms with E-state index in [4.69, 9.17) is 4.74 Å². The predicted molar refractivity (Wildman–Crippen MR) is 88.5 cm³/mol. The average Bonchev–Trinajstić information content (AvgIpc) is 3.02. The number of H-pyrrole nitrogens is 1. The minimum atomic E-state index is -0.306. The Balaban J connectivity index is 1.82. The summed E-state index contributed by atoms with van der Waals surface area (Å²) in [6.45, 7) is 2.11. The zero-order valence-electron chi connectivity index (χ0n) is 12.8. The van der Waals surface area contributed by atoms with Crippen molar-refractivity contribution in [1.29, 1.82) is 0 Å². The number of carbonyl (C=O) groups is 2. The van der Waals surface area contributed by atoms with E-state index in [-0.39, 0.29) is 18.2 Å². The lowest BCUT2D eigenvalue weighted by Crippen LogP contribution is -2.07. The van der Waals surface area contributed by atoms with Crippen LogP contribution in [-0.4, -0.2) is 23.3 Å². The second-order valence-electron chi connectivity index (χ2n) is 5.29. The summed E-state index contributed by atoms with van der Waals surface area (Å²) in [7, 11) is 0. The van der Waals surface area contributed by atoms with Gasteiger partial charge in [-0.2, -0.15) is 0 Å². The Kier molecular flexibility index (Phi) is 4.24. The number of ketones is 1. The highest BCUT2D eigenvalue weighted by atomic mass is 16.5. The number of hydrogen-bond donors (Lipinski definition) is 1. The lowest BCUT2D eigenvalue weighted by Gasteiger charge is -2.02. The molecule has 0 atom stereocenters. The molecule has 0 saturated carbocycles. The topological polar surface area (TPSA) is 59.2 Å². The summed E-state index contributed by atoms with van der Waals surface area (Å²) in [5, 5.41) is 2.13. The molecule has 0 aliphatic heterocycles. The van der Waals surface area contributed by atoms with Crippen molar-refractivity contribution in [2.45, 2.75) is 13.3 Å². The molecule has 0 aliphatic rings. The standard InChI is InChI=1S/C19H17NO3/c1-2-23-18(21)11-17-10-16(12-20-17)19(22)15-8-7-13-5-3-4-6-14(13)9-15/h3-10,12,20H,2,11H2,1H3. The minimum Gasteiger partial charge on any atom is -0.466 e. The van der Waals surface area contributed by atoms with Gasteiger partial charge in [-0.3, -0.25) is 9.59 Å². The van der Waals surface area contributed by atoms with Crippen LogP contribution in [0.5, 0.6) is 0 Å². The maximum absolute atomic E-state index is 12.6. The number of fused-ring (bicyclic) bond motifs is 1. The molecule has 0 unspecified atom stereocenters. The van der Waals surface area contributed by atoms with Gasteiger partial charge in [-0.1, -0.05) is 36.4 Å². The van der Waals surface area contributed by atoms with Crippen LogP contribution in [-0.2, 0) is 16.0 Å². The smallest absolute Gasteiger partial charge is 0.311 e. The van der Waals surface area contributed by atoms with Crippen molar-refractivity contribution in [3.63, 3.8) is 0 Å². The Hall–Kier alpha value is -2.88. The fourth-order valence-electron chi connectivity index (χ4n) is 2.54. The van der Waals surface area contributed by atoms with Crippen LogP contribution in [0.15, 0.2) is 54.7 Å². The summed E-state index contributed by atoms with van der Waals surface area (Å²) in [5.41, 5.74) is 1.84. The van der Waals surface area contributed by atoms with Crippen LogP contribution in [0.2, 0.25) is 0 Å². The molecule has 0 amide bonds. The molecule has 1 heterocycles. The highest BCUT2D eigenvalue weighted by Crippen LogP contribution is 2.18. The zero-order valence-corrected chi connectivity index (χ0v) is 12.8. The molecule has 0 fully saturated rings. The lowest BCUT2D eigenvalue weighted by molar-refractivity contribution is -0.142. The van der Waals surface area contributed by atoms with Gasteiger partial charge in [-0.15, -0.1) is 0 Å². The Morgan fingerprint density at radius 1 is 1.00 bits per heavy atom. The average molecular weight is 307 g/mol. The van der Waals surface area contributed by atoms with Crippen molar-refractivity contribution >= 4 is 22.5 Å². The number of aromatic nitrogens is 1. The molecule has 4 heteroatoms. The maximum Gasteiger partial charge on any atom is 0.311 e. The summed E-state index contributed by atoms with van der Waals surface area (Å²) in [4.78, 5) is 27.0. The van der Waals surface area contributed by atoms with Crippen molar-refractivity contribution in [3.8, 4) is 0 Å². The molecule has 0 bridgehead atoms. The van der Waals surface area contributed by atoms with Crippen LogP contribution in [0, 0.1) is 0 Å². The predicted octanol–water partition coefficient (Wildman–Crippen LogP) is 3.50. The van der Waals surface area contributed by atoms with Gasteiger partial charge in [0.25, 0.3) is 0 Å². The molecule has 0 saturated heterocycles. The fourth-order valence-corrected chi connectivity index (χ4v) is 2.54. The molecule has 1 aromatic heterocycles. The third-order valence-electron chi connectivity index (χ3n) is 3.66. The third-order valence-corrected chi connectivity index (χ3v) is 3.66. The Morgan fingerprint density at radius 3 is 2.57 bits per heavy atom. The first-order valence-electron chi connectivity index (χ1n) is 7.54. The van der Waals surface area contributed by atoms with Crippen molar-refractivity contribution in [1.82, 2.24) is 4.98 Å². The first kappa shape index (κ1) is 15.0. The first-order valence-corrected chi connectivity index (χ1v) is 7.54. The Morgan fingerprint density at radius 2 is 1.78 bits per heavy atom. The second-order valence-corrected chi connectivity index (χ2v) is 5.29. The van der Waals surface area contributed by atoms with Crippen molar-refractivity contribution in [2.24, 2.45) is 0 Å². The van der Waals surface area contributed by atoms with E-state index >= 15 is 0 Å². The SMILES string of the molecule is CCOC(=O)Cc1cc(C(=O)c2ccc3ccccc3c2)c[nH]1. The number of aromatic amines is 1. The van der Waals surface area contributed by atoms with E-state index in [9.17, 15) is 9.59 Å². The van der Waals surface area contributed by atoms with E-state index in [2.05, 4.69) is 4.98 Å². The molecule has 23 heavy (non-hydrogen) atoms. The number of nitrogens with one attached hydrogen (secondary N) is 1. The van der Waals surface area contributed by atoms with Gasteiger partial charge in [0.05, 0.1) is 13.0 Å².